The van der Waals surface area contributed by atoms with E-state index in [1.54, 1.807) is 12.5 Å². The van der Waals surface area contributed by atoms with Gasteiger partial charge < -0.3 is 14.6 Å². The maximum atomic E-state index is 6.24. The molecular formula is C13H16ClN3O. The average molecular weight is 266 g/mol. The largest absolute Gasteiger partial charge is 0.472 e. The monoisotopic (exact) mass is 265 g/mol. The number of hydrogen-bond donors (Lipinski definition) is 1. The zero-order valence-corrected chi connectivity index (χ0v) is 11.2. The summed E-state index contributed by atoms with van der Waals surface area (Å²) in [5.74, 6) is 0.776. The maximum Gasteiger partial charge on any atom is 0.147 e. The van der Waals surface area contributed by atoms with E-state index in [0.29, 0.717) is 11.6 Å². The van der Waals surface area contributed by atoms with Gasteiger partial charge in [0.05, 0.1) is 17.5 Å². The van der Waals surface area contributed by atoms with E-state index >= 15 is 0 Å². The third kappa shape index (κ3) is 3.03. The van der Waals surface area contributed by atoms with Crippen LogP contribution in [-0.4, -0.2) is 19.1 Å². The van der Waals surface area contributed by atoms with Crippen LogP contribution in [0.15, 0.2) is 35.3 Å². The number of furan rings is 1. The first-order valence-corrected chi connectivity index (χ1v) is 6.09. The van der Waals surface area contributed by atoms with E-state index in [9.17, 15) is 0 Å². The van der Waals surface area contributed by atoms with Crippen molar-refractivity contribution in [1.82, 2.24) is 10.3 Å². The smallest absolute Gasteiger partial charge is 0.147 e. The lowest BCUT2D eigenvalue weighted by atomic mass is 10.2. The Kier molecular flexibility index (Phi) is 4.23. The molecule has 1 N–H and O–H groups in total. The molecule has 96 valence electrons. The van der Waals surface area contributed by atoms with Crippen LogP contribution >= 0.6 is 11.6 Å². The van der Waals surface area contributed by atoms with Gasteiger partial charge in [0.25, 0.3) is 0 Å². The van der Waals surface area contributed by atoms with Gasteiger partial charge in [-0.2, -0.15) is 0 Å². The molecule has 0 saturated heterocycles. The van der Waals surface area contributed by atoms with Crippen molar-refractivity contribution in [3.8, 4) is 0 Å². The zero-order valence-electron chi connectivity index (χ0n) is 10.5. The second-order valence-corrected chi connectivity index (χ2v) is 4.57. The molecule has 0 spiro atoms. The molecule has 0 aliphatic heterocycles. The van der Waals surface area contributed by atoms with Crippen molar-refractivity contribution >= 4 is 17.4 Å². The Morgan fingerprint density at radius 3 is 2.89 bits per heavy atom. The number of hydrogen-bond acceptors (Lipinski definition) is 4. The Morgan fingerprint density at radius 1 is 1.44 bits per heavy atom. The van der Waals surface area contributed by atoms with E-state index in [-0.39, 0.29) is 0 Å². The first kappa shape index (κ1) is 12.9. The van der Waals surface area contributed by atoms with Crippen LogP contribution in [0, 0.1) is 0 Å². The maximum absolute atomic E-state index is 6.24. The number of nitrogens with zero attached hydrogens (tertiary/aromatic N) is 2. The third-order valence-electron chi connectivity index (χ3n) is 2.62. The van der Waals surface area contributed by atoms with Crippen LogP contribution in [0.5, 0.6) is 0 Å². The summed E-state index contributed by atoms with van der Waals surface area (Å²) >= 11 is 6.24. The number of rotatable bonds is 5. The van der Waals surface area contributed by atoms with Gasteiger partial charge in [0.2, 0.25) is 0 Å². The minimum Gasteiger partial charge on any atom is -0.472 e. The molecule has 0 radical (unpaired) electrons. The Morgan fingerprint density at radius 2 is 2.28 bits per heavy atom. The quantitative estimate of drug-likeness (QED) is 0.903. The first-order chi connectivity index (χ1) is 8.70. The highest BCUT2D eigenvalue weighted by Crippen LogP contribution is 2.24. The predicted molar refractivity (Wildman–Crippen MR) is 72.8 cm³/mol. The Hall–Kier alpha value is -1.52. The highest BCUT2D eigenvalue weighted by molar-refractivity contribution is 6.33. The minimum atomic E-state index is 0.661. The summed E-state index contributed by atoms with van der Waals surface area (Å²) in [6, 6.07) is 3.87. The van der Waals surface area contributed by atoms with E-state index in [2.05, 4.69) is 10.3 Å². The number of nitrogens with one attached hydrogen (secondary N) is 1. The molecule has 5 heteroatoms. The van der Waals surface area contributed by atoms with Gasteiger partial charge in [0, 0.05) is 31.9 Å². The SMILES string of the molecule is CNCc1cnc(N(C)Cc2ccoc2)c(Cl)c1. The molecule has 4 nitrogen and oxygen atoms in total. The van der Waals surface area contributed by atoms with Crippen LogP contribution in [0.4, 0.5) is 5.82 Å². The predicted octanol–water partition coefficient (Wildman–Crippen LogP) is 2.68. The normalized spacial score (nSPS) is 10.6. The molecular weight excluding hydrogens is 250 g/mol. The summed E-state index contributed by atoms with van der Waals surface area (Å²) < 4.78 is 5.04. The van der Waals surface area contributed by atoms with Gasteiger partial charge in [0.15, 0.2) is 0 Å². The summed E-state index contributed by atoms with van der Waals surface area (Å²) in [6.45, 7) is 1.48. The van der Waals surface area contributed by atoms with Crippen molar-refractivity contribution < 1.29 is 4.42 Å². The van der Waals surface area contributed by atoms with Crippen LogP contribution in [-0.2, 0) is 13.1 Å². The number of aromatic nitrogens is 1. The minimum absolute atomic E-state index is 0.661. The van der Waals surface area contributed by atoms with Crippen LogP contribution < -0.4 is 10.2 Å². The molecule has 0 unspecified atom stereocenters. The molecule has 18 heavy (non-hydrogen) atoms. The standard InChI is InChI=1S/C13H16ClN3O/c1-15-6-11-5-12(14)13(16-7-11)17(2)8-10-3-4-18-9-10/h3-5,7,9,15H,6,8H2,1-2H3. The summed E-state index contributed by atoms with van der Waals surface area (Å²) in [7, 11) is 3.85. The average Bonchev–Trinajstić information content (AvgIpc) is 2.82. The van der Waals surface area contributed by atoms with Crippen molar-refractivity contribution in [1.29, 1.82) is 0 Å². The molecule has 0 bridgehead atoms. The van der Waals surface area contributed by atoms with Gasteiger partial charge in [0.1, 0.15) is 5.82 Å². The lowest BCUT2D eigenvalue weighted by molar-refractivity contribution is 0.563. The van der Waals surface area contributed by atoms with Crippen molar-refractivity contribution in [3.05, 3.63) is 47.0 Å². The van der Waals surface area contributed by atoms with E-state index < -0.39 is 0 Å². The van der Waals surface area contributed by atoms with Crippen molar-refractivity contribution in [2.75, 3.05) is 19.0 Å². The molecule has 0 atom stereocenters. The highest BCUT2D eigenvalue weighted by Gasteiger charge is 2.09. The van der Waals surface area contributed by atoms with Gasteiger partial charge in [-0.1, -0.05) is 11.6 Å². The van der Waals surface area contributed by atoms with E-state index in [1.807, 2.05) is 37.3 Å². The first-order valence-electron chi connectivity index (χ1n) is 5.72. The Balaban J connectivity index is 2.12. The van der Waals surface area contributed by atoms with E-state index in [4.69, 9.17) is 16.0 Å². The summed E-state index contributed by atoms with van der Waals surface area (Å²) in [4.78, 5) is 6.40. The van der Waals surface area contributed by atoms with Crippen molar-refractivity contribution in [3.63, 3.8) is 0 Å². The van der Waals surface area contributed by atoms with Crippen LogP contribution in [0.25, 0.3) is 0 Å². The second-order valence-electron chi connectivity index (χ2n) is 4.17. The van der Waals surface area contributed by atoms with Gasteiger partial charge in [-0.3, -0.25) is 0 Å². The topological polar surface area (TPSA) is 41.3 Å². The fourth-order valence-corrected chi connectivity index (χ4v) is 2.12. The number of halogens is 1. The van der Waals surface area contributed by atoms with Crippen molar-refractivity contribution in [2.24, 2.45) is 0 Å². The number of anilines is 1. The lowest BCUT2D eigenvalue weighted by Gasteiger charge is -2.18. The van der Waals surface area contributed by atoms with Crippen LogP contribution in [0.1, 0.15) is 11.1 Å². The molecule has 0 saturated carbocycles. The Labute approximate surface area is 112 Å². The van der Waals surface area contributed by atoms with Gasteiger partial charge in [-0.05, 0) is 24.7 Å². The molecule has 0 aliphatic carbocycles. The molecule has 0 aliphatic rings. The molecule has 0 amide bonds. The fourth-order valence-electron chi connectivity index (χ4n) is 1.78. The molecule has 0 aromatic carbocycles. The van der Waals surface area contributed by atoms with E-state index in [0.717, 1.165) is 23.5 Å². The molecule has 2 rings (SSSR count). The van der Waals surface area contributed by atoms with Crippen molar-refractivity contribution in [2.45, 2.75) is 13.1 Å². The molecule has 2 heterocycles. The van der Waals surface area contributed by atoms with Gasteiger partial charge >= 0.3 is 0 Å². The van der Waals surface area contributed by atoms with Gasteiger partial charge in [-0.15, -0.1) is 0 Å². The number of pyridine rings is 1. The second kappa shape index (κ2) is 5.89. The Bertz CT molecular complexity index is 499. The fraction of sp³-hybridized carbons (Fsp3) is 0.308. The van der Waals surface area contributed by atoms with E-state index in [1.165, 1.54) is 0 Å². The third-order valence-corrected chi connectivity index (χ3v) is 2.90. The van der Waals surface area contributed by atoms with Crippen LogP contribution in [0.3, 0.4) is 0 Å². The van der Waals surface area contributed by atoms with Gasteiger partial charge in [-0.25, -0.2) is 4.98 Å². The summed E-state index contributed by atoms with van der Waals surface area (Å²) in [6.07, 6.45) is 5.22. The lowest BCUT2D eigenvalue weighted by Crippen LogP contribution is -2.18. The summed E-state index contributed by atoms with van der Waals surface area (Å²) in [5, 5.41) is 3.73. The summed E-state index contributed by atoms with van der Waals surface area (Å²) in [5.41, 5.74) is 2.16. The highest BCUT2D eigenvalue weighted by atomic mass is 35.5. The van der Waals surface area contributed by atoms with Crippen LogP contribution in [0.2, 0.25) is 5.02 Å². The molecule has 0 fully saturated rings. The molecule has 2 aromatic heterocycles. The zero-order chi connectivity index (χ0) is 13.0. The molecule has 2 aromatic rings.